The summed E-state index contributed by atoms with van der Waals surface area (Å²) in [6, 6.07) is 14.5. The third-order valence-corrected chi connectivity index (χ3v) is 9.41. The van der Waals surface area contributed by atoms with Crippen molar-refractivity contribution in [1.82, 2.24) is 39.7 Å². The average Bonchev–Trinajstić information content (AvgIpc) is 3.67. The number of nitrogens with two attached hydrogens (primary N) is 1. The van der Waals surface area contributed by atoms with Crippen LogP contribution >= 0.6 is 0 Å². The quantitative estimate of drug-likeness (QED) is 0.321. The second kappa shape index (κ2) is 9.49. The number of rotatable bonds is 6. The van der Waals surface area contributed by atoms with E-state index in [-0.39, 0.29) is 16.6 Å². The molecule has 5 aromatic rings. The maximum absolute atomic E-state index is 13.1. The molecule has 40 heavy (non-hydrogen) atoms. The molecule has 204 valence electrons. The van der Waals surface area contributed by atoms with Gasteiger partial charge in [0.05, 0.1) is 24.1 Å². The number of piperidine rings is 1. The van der Waals surface area contributed by atoms with E-state index in [0.717, 1.165) is 53.9 Å². The molecule has 2 bridgehead atoms. The largest absolute Gasteiger partial charge is 0.382 e. The normalized spacial score (nSPS) is 21.3. The summed E-state index contributed by atoms with van der Waals surface area (Å²) in [5.74, 6) is 0.896. The summed E-state index contributed by atoms with van der Waals surface area (Å²) in [6.07, 6.45) is 9.97. The topological polar surface area (TPSA) is 148 Å². The van der Waals surface area contributed by atoms with Crippen molar-refractivity contribution in [2.24, 2.45) is 0 Å². The Morgan fingerprint density at radius 1 is 1.02 bits per heavy atom. The fourth-order valence-corrected chi connectivity index (χ4v) is 7.51. The minimum atomic E-state index is -3.66. The van der Waals surface area contributed by atoms with Gasteiger partial charge in [0.15, 0.2) is 15.5 Å². The van der Waals surface area contributed by atoms with Gasteiger partial charge in [0.1, 0.15) is 22.9 Å². The molecule has 4 aromatic heterocycles. The van der Waals surface area contributed by atoms with Crippen LogP contribution in [0.25, 0.3) is 28.0 Å². The Morgan fingerprint density at radius 2 is 1.80 bits per heavy atom. The van der Waals surface area contributed by atoms with Crippen molar-refractivity contribution in [1.29, 1.82) is 0 Å². The van der Waals surface area contributed by atoms with Gasteiger partial charge in [-0.3, -0.25) is 9.88 Å². The fourth-order valence-electron chi connectivity index (χ4n) is 6.45. The molecule has 0 spiro atoms. The van der Waals surface area contributed by atoms with Crippen molar-refractivity contribution in [3.05, 3.63) is 72.7 Å². The molecule has 0 amide bonds. The third kappa shape index (κ3) is 4.23. The number of fused-ring (bicyclic) bond motifs is 3. The van der Waals surface area contributed by atoms with Gasteiger partial charge in [0.2, 0.25) is 0 Å². The molecule has 7 rings (SSSR count). The van der Waals surface area contributed by atoms with Crippen molar-refractivity contribution in [2.45, 2.75) is 55.1 Å². The van der Waals surface area contributed by atoms with Crippen molar-refractivity contribution >= 4 is 21.3 Å². The Balaban J connectivity index is 1.28. The summed E-state index contributed by atoms with van der Waals surface area (Å²) >= 11 is 0. The Labute approximate surface area is 231 Å². The first-order valence-electron chi connectivity index (χ1n) is 13.4. The smallest absolute Gasteiger partial charge is 0.180 e. The third-order valence-electron chi connectivity index (χ3n) is 8.25. The summed E-state index contributed by atoms with van der Waals surface area (Å²) in [4.78, 5) is 15.3. The summed E-state index contributed by atoms with van der Waals surface area (Å²) in [5.41, 5.74) is 11.1. The number of benzene rings is 1. The van der Waals surface area contributed by atoms with E-state index in [0.29, 0.717) is 30.0 Å². The highest BCUT2D eigenvalue weighted by Crippen LogP contribution is 2.45. The van der Waals surface area contributed by atoms with E-state index < -0.39 is 9.84 Å². The Kier molecular flexibility index (Phi) is 5.90. The van der Waals surface area contributed by atoms with Gasteiger partial charge in [-0.25, -0.2) is 13.4 Å². The number of anilines is 1. The molecular weight excluding hydrogens is 526 g/mol. The van der Waals surface area contributed by atoms with E-state index in [2.05, 4.69) is 30.2 Å². The predicted octanol–water partition coefficient (Wildman–Crippen LogP) is 3.47. The molecule has 0 radical (unpaired) electrons. The second-order valence-electron chi connectivity index (χ2n) is 10.7. The highest BCUT2D eigenvalue weighted by Gasteiger charge is 2.43. The molecule has 2 saturated heterocycles. The number of pyridine rings is 1. The first kappa shape index (κ1) is 24.9. The Morgan fingerprint density at radius 3 is 2.45 bits per heavy atom. The summed E-state index contributed by atoms with van der Waals surface area (Å²) in [5, 5.41) is 12.5. The van der Waals surface area contributed by atoms with Crippen LogP contribution < -0.4 is 5.73 Å². The van der Waals surface area contributed by atoms with Crippen LogP contribution in [0.4, 0.5) is 5.82 Å². The molecule has 2 aliphatic rings. The van der Waals surface area contributed by atoms with Crippen molar-refractivity contribution in [3.63, 3.8) is 0 Å². The van der Waals surface area contributed by atoms with E-state index in [1.54, 1.807) is 18.7 Å². The number of nitrogens with one attached hydrogen (secondary N) is 1. The molecule has 6 heterocycles. The van der Waals surface area contributed by atoms with Gasteiger partial charge in [-0.1, -0.05) is 36.4 Å². The number of H-pyrrole nitrogens is 1. The van der Waals surface area contributed by atoms with Gasteiger partial charge < -0.3 is 10.7 Å². The number of aromatic nitrogens is 7. The predicted molar refractivity (Wildman–Crippen MR) is 150 cm³/mol. The van der Waals surface area contributed by atoms with Gasteiger partial charge in [-0.05, 0) is 31.7 Å². The summed E-state index contributed by atoms with van der Waals surface area (Å²) in [6.45, 7) is 0.703. The SMILES string of the molecule is CS(=O)(=O)c1c([C@H]2C[C@H]3CC[C@@H](C2)N3Cc2nnc[nH]2)nc2c(-c3ccc(-c4ccccc4)nc3)cnn2c1N. The standard InChI is InChI=1S/C28H29N9O2S/c1-40(38,39)26-25(19-11-20-8-9-21(12-19)36(20)15-24-31-16-32-35-24)34-28-22(14-33-37(28)27(26)29)18-7-10-23(30-13-18)17-5-3-2-4-6-17/h2-7,10,13-14,16,19-21H,8-9,11-12,15,29H2,1H3,(H,31,32,35)/t19-,20+,21-. The van der Waals surface area contributed by atoms with Crippen molar-refractivity contribution in [3.8, 4) is 22.4 Å². The zero-order valence-corrected chi connectivity index (χ0v) is 22.8. The average molecular weight is 556 g/mol. The number of hydrogen-bond acceptors (Lipinski definition) is 9. The van der Waals surface area contributed by atoms with Gasteiger partial charge in [-0.2, -0.15) is 9.61 Å². The highest BCUT2D eigenvalue weighted by molar-refractivity contribution is 7.91. The molecule has 11 nitrogen and oxygen atoms in total. The molecule has 0 unspecified atom stereocenters. The highest BCUT2D eigenvalue weighted by atomic mass is 32.2. The maximum Gasteiger partial charge on any atom is 0.180 e. The van der Waals surface area contributed by atoms with Crippen LogP contribution in [0.3, 0.4) is 0 Å². The molecule has 3 N–H and O–H groups in total. The molecule has 2 fully saturated rings. The van der Waals surface area contributed by atoms with E-state index in [4.69, 9.17) is 10.7 Å². The van der Waals surface area contributed by atoms with Crippen molar-refractivity contribution < 1.29 is 8.42 Å². The minimum absolute atomic E-state index is 0.0400. The number of hydrogen-bond donors (Lipinski definition) is 2. The minimum Gasteiger partial charge on any atom is -0.382 e. The lowest BCUT2D eigenvalue weighted by Gasteiger charge is -2.38. The van der Waals surface area contributed by atoms with Crippen LogP contribution in [0.15, 0.2) is 66.1 Å². The van der Waals surface area contributed by atoms with Crippen LogP contribution in [0, 0.1) is 0 Å². The van der Waals surface area contributed by atoms with Gasteiger partial charge >= 0.3 is 0 Å². The number of nitrogen functional groups attached to an aromatic ring is 1. The van der Waals surface area contributed by atoms with Crippen LogP contribution in [0.5, 0.6) is 0 Å². The number of sulfone groups is 1. The first-order chi connectivity index (χ1) is 19.4. The summed E-state index contributed by atoms with van der Waals surface area (Å²) in [7, 11) is -3.66. The lowest BCUT2D eigenvalue weighted by molar-refractivity contribution is 0.114. The molecule has 0 saturated carbocycles. The number of aromatic amines is 1. The number of nitrogens with zero attached hydrogens (tertiary/aromatic N) is 7. The first-order valence-corrected chi connectivity index (χ1v) is 15.3. The molecule has 0 aliphatic carbocycles. The van der Waals surface area contributed by atoms with Crippen LogP contribution in [-0.4, -0.2) is 66.4 Å². The van der Waals surface area contributed by atoms with E-state index in [1.807, 2.05) is 42.5 Å². The molecule has 1 aromatic carbocycles. The molecular formula is C28H29N9O2S. The van der Waals surface area contributed by atoms with Crippen LogP contribution in [0.2, 0.25) is 0 Å². The monoisotopic (exact) mass is 555 g/mol. The van der Waals surface area contributed by atoms with Gasteiger partial charge in [-0.15, -0.1) is 10.2 Å². The Hall–Kier alpha value is -4.16. The molecule has 2 aliphatic heterocycles. The molecule has 3 atom stereocenters. The summed E-state index contributed by atoms with van der Waals surface area (Å²) < 4.78 is 27.6. The van der Waals surface area contributed by atoms with Crippen LogP contribution in [-0.2, 0) is 16.4 Å². The van der Waals surface area contributed by atoms with Gasteiger partial charge in [0, 0.05) is 47.1 Å². The van der Waals surface area contributed by atoms with E-state index >= 15 is 0 Å². The molecule has 12 heteroatoms. The Bertz CT molecular complexity index is 1770. The van der Waals surface area contributed by atoms with Gasteiger partial charge in [0.25, 0.3) is 0 Å². The lowest BCUT2D eigenvalue weighted by Crippen LogP contribution is -2.42. The second-order valence-corrected chi connectivity index (χ2v) is 12.7. The van der Waals surface area contributed by atoms with Crippen LogP contribution in [0.1, 0.15) is 43.1 Å². The van der Waals surface area contributed by atoms with Crippen molar-refractivity contribution in [2.75, 3.05) is 12.0 Å². The maximum atomic E-state index is 13.1. The fraction of sp³-hybridized carbons (Fsp3) is 0.321. The van der Waals surface area contributed by atoms with E-state index in [1.165, 1.54) is 10.8 Å². The zero-order chi connectivity index (χ0) is 27.4. The lowest BCUT2D eigenvalue weighted by atomic mass is 9.87. The van der Waals surface area contributed by atoms with E-state index in [9.17, 15) is 8.42 Å². The zero-order valence-electron chi connectivity index (χ0n) is 22.0.